The van der Waals surface area contributed by atoms with Gasteiger partial charge in [0, 0.05) is 12.5 Å². The molecule has 0 saturated carbocycles. The molecule has 0 aliphatic carbocycles. The Morgan fingerprint density at radius 1 is 1.13 bits per heavy atom. The van der Waals surface area contributed by atoms with Crippen LogP contribution in [-0.2, 0) is 4.79 Å². The Labute approximate surface area is 143 Å². The van der Waals surface area contributed by atoms with E-state index in [0.29, 0.717) is 18.0 Å². The van der Waals surface area contributed by atoms with Crippen molar-refractivity contribution < 1.29 is 9.53 Å². The number of benzene rings is 2. The second-order valence-corrected chi connectivity index (χ2v) is 5.11. The molecule has 0 spiro atoms. The van der Waals surface area contributed by atoms with E-state index in [4.69, 9.17) is 10.5 Å². The van der Waals surface area contributed by atoms with Crippen molar-refractivity contribution in [1.82, 2.24) is 0 Å². The highest BCUT2D eigenvalue weighted by molar-refractivity contribution is 5.92. The SMILES string of the molecule is CCCOc1ccccc1NC(=O)CC(N)c1ccccc1.Cl. The number of hydrogen-bond donors (Lipinski definition) is 2. The number of para-hydroxylation sites is 2. The Morgan fingerprint density at radius 2 is 1.78 bits per heavy atom. The average molecular weight is 335 g/mol. The van der Waals surface area contributed by atoms with Gasteiger partial charge in [-0.15, -0.1) is 12.4 Å². The quantitative estimate of drug-likeness (QED) is 0.806. The molecule has 5 heteroatoms. The molecule has 0 radical (unpaired) electrons. The van der Waals surface area contributed by atoms with E-state index in [9.17, 15) is 4.79 Å². The molecule has 0 aromatic heterocycles. The van der Waals surface area contributed by atoms with E-state index in [1.54, 1.807) is 0 Å². The maximum atomic E-state index is 12.2. The number of ether oxygens (including phenoxy) is 1. The summed E-state index contributed by atoms with van der Waals surface area (Å²) >= 11 is 0. The van der Waals surface area contributed by atoms with Gasteiger partial charge >= 0.3 is 0 Å². The normalized spacial score (nSPS) is 11.2. The topological polar surface area (TPSA) is 64.3 Å². The number of rotatable bonds is 7. The van der Waals surface area contributed by atoms with Crippen LogP contribution in [0.3, 0.4) is 0 Å². The van der Waals surface area contributed by atoms with Crippen molar-refractivity contribution >= 4 is 24.0 Å². The predicted molar refractivity (Wildman–Crippen MR) is 96.1 cm³/mol. The number of amides is 1. The summed E-state index contributed by atoms with van der Waals surface area (Å²) in [6.45, 7) is 2.66. The van der Waals surface area contributed by atoms with Gasteiger partial charge in [0.2, 0.25) is 5.91 Å². The molecule has 3 N–H and O–H groups in total. The molecule has 0 saturated heterocycles. The highest BCUT2D eigenvalue weighted by atomic mass is 35.5. The summed E-state index contributed by atoms with van der Waals surface area (Å²) in [4.78, 5) is 12.2. The van der Waals surface area contributed by atoms with Crippen LogP contribution in [0.2, 0.25) is 0 Å². The fraction of sp³-hybridized carbons (Fsp3) is 0.278. The Hall–Kier alpha value is -2.04. The minimum atomic E-state index is -0.315. The van der Waals surface area contributed by atoms with Crippen LogP contribution in [0.25, 0.3) is 0 Å². The summed E-state index contributed by atoms with van der Waals surface area (Å²) in [5.74, 6) is 0.565. The summed E-state index contributed by atoms with van der Waals surface area (Å²) < 4.78 is 5.63. The first-order valence-electron chi connectivity index (χ1n) is 7.53. The maximum Gasteiger partial charge on any atom is 0.226 e. The van der Waals surface area contributed by atoms with Crippen molar-refractivity contribution in [2.75, 3.05) is 11.9 Å². The van der Waals surface area contributed by atoms with Crippen LogP contribution in [0.15, 0.2) is 54.6 Å². The summed E-state index contributed by atoms with van der Waals surface area (Å²) in [5.41, 5.74) is 7.71. The van der Waals surface area contributed by atoms with Crippen LogP contribution in [0, 0.1) is 0 Å². The first-order chi connectivity index (χ1) is 10.7. The molecule has 1 atom stereocenters. The van der Waals surface area contributed by atoms with Crippen molar-refractivity contribution in [2.24, 2.45) is 5.73 Å². The molecule has 2 aromatic carbocycles. The Bertz CT molecular complexity index is 605. The summed E-state index contributed by atoms with van der Waals surface area (Å²) in [5, 5.41) is 2.88. The summed E-state index contributed by atoms with van der Waals surface area (Å²) in [6, 6.07) is 16.7. The third-order valence-electron chi connectivity index (χ3n) is 3.26. The smallest absolute Gasteiger partial charge is 0.226 e. The largest absolute Gasteiger partial charge is 0.491 e. The van der Waals surface area contributed by atoms with Crippen molar-refractivity contribution in [1.29, 1.82) is 0 Å². The third-order valence-corrected chi connectivity index (χ3v) is 3.26. The van der Waals surface area contributed by atoms with Gasteiger partial charge in [-0.25, -0.2) is 0 Å². The molecular weight excluding hydrogens is 312 g/mol. The zero-order chi connectivity index (χ0) is 15.8. The van der Waals surface area contributed by atoms with Crippen molar-refractivity contribution in [3.63, 3.8) is 0 Å². The van der Waals surface area contributed by atoms with E-state index < -0.39 is 0 Å². The molecule has 0 aliphatic heterocycles. The van der Waals surface area contributed by atoms with E-state index in [-0.39, 0.29) is 30.8 Å². The van der Waals surface area contributed by atoms with Crippen molar-refractivity contribution in [3.8, 4) is 5.75 Å². The third kappa shape index (κ3) is 5.93. The number of halogens is 1. The first-order valence-corrected chi connectivity index (χ1v) is 7.53. The lowest BCUT2D eigenvalue weighted by Gasteiger charge is -2.14. The number of anilines is 1. The van der Waals surface area contributed by atoms with Gasteiger partial charge in [-0.05, 0) is 24.1 Å². The zero-order valence-electron chi connectivity index (χ0n) is 13.2. The van der Waals surface area contributed by atoms with Crippen LogP contribution in [0.5, 0.6) is 5.75 Å². The van der Waals surface area contributed by atoms with Gasteiger partial charge in [-0.2, -0.15) is 0 Å². The Balaban J connectivity index is 0.00000264. The zero-order valence-corrected chi connectivity index (χ0v) is 14.0. The van der Waals surface area contributed by atoms with Crippen LogP contribution < -0.4 is 15.8 Å². The molecule has 4 nitrogen and oxygen atoms in total. The molecule has 0 bridgehead atoms. The fourth-order valence-electron chi connectivity index (χ4n) is 2.13. The lowest BCUT2D eigenvalue weighted by Crippen LogP contribution is -2.20. The van der Waals surface area contributed by atoms with Gasteiger partial charge in [0.1, 0.15) is 5.75 Å². The van der Waals surface area contributed by atoms with Crippen molar-refractivity contribution in [2.45, 2.75) is 25.8 Å². The van der Waals surface area contributed by atoms with E-state index in [1.165, 1.54) is 0 Å². The molecule has 0 heterocycles. The van der Waals surface area contributed by atoms with Crippen molar-refractivity contribution in [3.05, 3.63) is 60.2 Å². The second kappa shape index (κ2) is 9.87. The standard InChI is InChI=1S/C18H22N2O2.ClH/c1-2-12-22-17-11-7-6-10-16(17)20-18(21)13-15(19)14-8-4-3-5-9-14;/h3-11,15H,2,12-13,19H2,1H3,(H,20,21);1H. The summed E-state index contributed by atoms with van der Waals surface area (Å²) in [7, 11) is 0. The van der Waals surface area contributed by atoms with Gasteiger partial charge in [0.15, 0.2) is 0 Å². The van der Waals surface area contributed by atoms with E-state index >= 15 is 0 Å². The molecule has 0 aliphatic rings. The second-order valence-electron chi connectivity index (χ2n) is 5.11. The van der Waals surface area contributed by atoms with Gasteiger partial charge < -0.3 is 15.8 Å². The molecule has 2 aromatic rings. The van der Waals surface area contributed by atoms with Crippen LogP contribution in [0.1, 0.15) is 31.4 Å². The Morgan fingerprint density at radius 3 is 2.48 bits per heavy atom. The molecule has 2 rings (SSSR count). The highest BCUT2D eigenvalue weighted by Gasteiger charge is 2.13. The lowest BCUT2D eigenvalue weighted by molar-refractivity contribution is -0.116. The fourth-order valence-corrected chi connectivity index (χ4v) is 2.13. The van der Waals surface area contributed by atoms with Gasteiger partial charge in [-0.3, -0.25) is 4.79 Å². The number of carbonyl (C=O) groups is 1. The molecule has 23 heavy (non-hydrogen) atoms. The Kier molecular flexibility index (Phi) is 8.16. The minimum absolute atomic E-state index is 0. The summed E-state index contributed by atoms with van der Waals surface area (Å²) in [6.07, 6.45) is 1.15. The predicted octanol–water partition coefficient (Wildman–Crippen LogP) is 3.93. The molecule has 1 unspecified atom stereocenters. The monoisotopic (exact) mass is 334 g/mol. The van der Waals surface area contributed by atoms with Gasteiger partial charge in [-0.1, -0.05) is 49.4 Å². The molecule has 1 amide bonds. The minimum Gasteiger partial charge on any atom is -0.491 e. The highest BCUT2D eigenvalue weighted by Crippen LogP contribution is 2.24. The van der Waals surface area contributed by atoms with E-state index in [1.807, 2.05) is 61.5 Å². The lowest BCUT2D eigenvalue weighted by atomic mass is 10.0. The number of nitrogens with two attached hydrogens (primary N) is 1. The van der Waals surface area contributed by atoms with Gasteiger partial charge in [0.05, 0.1) is 12.3 Å². The number of carbonyl (C=O) groups excluding carboxylic acids is 1. The molecule has 124 valence electrons. The van der Waals surface area contributed by atoms with Crippen LogP contribution in [0.4, 0.5) is 5.69 Å². The van der Waals surface area contributed by atoms with Gasteiger partial charge in [0.25, 0.3) is 0 Å². The van der Waals surface area contributed by atoms with E-state index in [2.05, 4.69) is 5.32 Å². The first kappa shape index (κ1) is 19.0. The average Bonchev–Trinajstić information content (AvgIpc) is 2.54. The van der Waals surface area contributed by atoms with Crippen LogP contribution >= 0.6 is 12.4 Å². The molecular formula is C18H23ClN2O2. The number of nitrogens with one attached hydrogen (secondary N) is 1. The van der Waals surface area contributed by atoms with Crippen LogP contribution in [-0.4, -0.2) is 12.5 Å². The number of hydrogen-bond acceptors (Lipinski definition) is 3. The molecule has 0 fully saturated rings. The maximum absolute atomic E-state index is 12.2. The van der Waals surface area contributed by atoms with E-state index in [0.717, 1.165) is 12.0 Å².